The van der Waals surface area contributed by atoms with Gasteiger partial charge in [0.1, 0.15) is 5.69 Å². The van der Waals surface area contributed by atoms with Crippen LogP contribution >= 0.6 is 11.6 Å². The molecule has 62 valence electrons. The topological polar surface area (TPSA) is 72.5 Å². The molecule has 0 aromatic heterocycles. The fraction of sp³-hybridized carbons (Fsp3) is 0. The lowest BCUT2D eigenvalue weighted by Gasteiger charge is -1.96. The molecule has 0 spiro atoms. The molecule has 0 aliphatic carbocycles. The highest BCUT2D eigenvalue weighted by molar-refractivity contribution is 6.67. The molecule has 4 nitrogen and oxygen atoms in total. The van der Waals surface area contributed by atoms with Crippen molar-refractivity contribution in [2.75, 3.05) is 5.73 Å². The molecular formula is C7H5ClN2O2. The van der Waals surface area contributed by atoms with Gasteiger partial charge >= 0.3 is 0 Å². The highest BCUT2D eigenvalue weighted by Crippen LogP contribution is 2.19. The maximum absolute atomic E-state index is 10.6. The zero-order valence-corrected chi connectivity index (χ0v) is 6.71. The number of hydrogen-bond donors (Lipinski definition) is 1. The predicted molar refractivity (Wildman–Crippen MR) is 46.5 cm³/mol. The van der Waals surface area contributed by atoms with Gasteiger partial charge in [0.25, 0.3) is 5.24 Å². The van der Waals surface area contributed by atoms with Gasteiger partial charge in [0.2, 0.25) is 0 Å². The summed E-state index contributed by atoms with van der Waals surface area (Å²) < 4.78 is 0. The van der Waals surface area contributed by atoms with Gasteiger partial charge in [0, 0.05) is 11.3 Å². The van der Waals surface area contributed by atoms with Crippen molar-refractivity contribution >= 4 is 28.2 Å². The minimum absolute atomic E-state index is 0.0963. The molecule has 5 heteroatoms. The van der Waals surface area contributed by atoms with E-state index >= 15 is 0 Å². The smallest absolute Gasteiger partial charge is 0.252 e. The molecule has 0 atom stereocenters. The Hall–Kier alpha value is -1.42. The average molecular weight is 185 g/mol. The number of nitrogen functional groups attached to an aromatic ring is 1. The van der Waals surface area contributed by atoms with Crippen LogP contribution in [0.15, 0.2) is 23.4 Å². The van der Waals surface area contributed by atoms with Gasteiger partial charge < -0.3 is 5.73 Å². The van der Waals surface area contributed by atoms with Gasteiger partial charge in [-0.05, 0) is 35.0 Å². The van der Waals surface area contributed by atoms with Crippen LogP contribution in [0.25, 0.3) is 0 Å². The van der Waals surface area contributed by atoms with E-state index in [0.29, 0.717) is 0 Å². The summed E-state index contributed by atoms with van der Waals surface area (Å²) in [6.07, 6.45) is 0. The van der Waals surface area contributed by atoms with Crippen molar-refractivity contribution in [3.05, 3.63) is 28.7 Å². The minimum atomic E-state index is -0.660. The Morgan fingerprint density at radius 3 is 2.58 bits per heavy atom. The standard InChI is InChI=1S/C7H5ClN2O2/c8-7(11)4-1-5(9)3-6(2-4)10-12/h1-3H,9H2. The third kappa shape index (κ3) is 1.79. The first-order valence-electron chi connectivity index (χ1n) is 3.07. The molecule has 0 saturated carbocycles. The second kappa shape index (κ2) is 3.32. The van der Waals surface area contributed by atoms with Crippen molar-refractivity contribution in [1.82, 2.24) is 0 Å². The lowest BCUT2D eigenvalue weighted by atomic mass is 10.2. The summed E-state index contributed by atoms with van der Waals surface area (Å²) in [6, 6.07) is 4.01. The molecule has 0 radical (unpaired) electrons. The number of nitrogens with two attached hydrogens (primary N) is 1. The zero-order chi connectivity index (χ0) is 9.14. The second-order valence-corrected chi connectivity index (χ2v) is 2.52. The number of halogens is 1. The Morgan fingerprint density at radius 1 is 1.42 bits per heavy atom. The van der Waals surface area contributed by atoms with E-state index in [-0.39, 0.29) is 16.9 Å². The van der Waals surface area contributed by atoms with Crippen LogP contribution in [0.3, 0.4) is 0 Å². The minimum Gasteiger partial charge on any atom is -0.399 e. The summed E-state index contributed by atoms with van der Waals surface area (Å²) in [7, 11) is 0. The predicted octanol–water partition coefficient (Wildman–Crippen LogP) is 2.05. The molecule has 12 heavy (non-hydrogen) atoms. The molecule has 1 aromatic carbocycles. The molecule has 0 bridgehead atoms. The van der Waals surface area contributed by atoms with Crippen molar-refractivity contribution in [3.63, 3.8) is 0 Å². The molecule has 0 aliphatic rings. The molecule has 0 heterocycles. The fourth-order valence-electron chi connectivity index (χ4n) is 0.801. The summed E-state index contributed by atoms with van der Waals surface area (Å²) in [6.45, 7) is 0. The fourth-order valence-corrected chi connectivity index (χ4v) is 0.910. The van der Waals surface area contributed by atoms with Gasteiger partial charge in [-0.25, -0.2) is 0 Å². The summed E-state index contributed by atoms with van der Waals surface area (Å²) in [5, 5.41) is 1.97. The Labute approximate surface area is 73.3 Å². The maximum Gasteiger partial charge on any atom is 0.252 e. The van der Waals surface area contributed by atoms with E-state index in [4.69, 9.17) is 17.3 Å². The van der Waals surface area contributed by atoms with Crippen molar-refractivity contribution in [2.24, 2.45) is 5.18 Å². The van der Waals surface area contributed by atoms with Crippen molar-refractivity contribution in [1.29, 1.82) is 0 Å². The summed E-state index contributed by atoms with van der Waals surface area (Å²) in [4.78, 5) is 20.7. The summed E-state index contributed by atoms with van der Waals surface area (Å²) in [5.74, 6) is 0. The van der Waals surface area contributed by atoms with Gasteiger partial charge in [-0.1, -0.05) is 0 Å². The van der Waals surface area contributed by atoms with Crippen molar-refractivity contribution in [2.45, 2.75) is 0 Å². The van der Waals surface area contributed by atoms with E-state index in [1.54, 1.807) is 0 Å². The van der Waals surface area contributed by atoms with Gasteiger partial charge in [-0.3, -0.25) is 4.79 Å². The van der Waals surface area contributed by atoms with Crippen LogP contribution < -0.4 is 5.73 Å². The monoisotopic (exact) mass is 184 g/mol. The first kappa shape index (κ1) is 8.67. The first-order chi connectivity index (χ1) is 5.63. The first-order valence-corrected chi connectivity index (χ1v) is 3.45. The van der Waals surface area contributed by atoms with Gasteiger partial charge in [-0.15, -0.1) is 4.91 Å². The Bertz CT molecular complexity index is 338. The van der Waals surface area contributed by atoms with E-state index < -0.39 is 5.24 Å². The molecule has 0 saturated heterocycles. The van der Waals surface area contributed by atoms with Crippen LogP contribution in [0.5, 0.6) is 0 Å². The molecule has 1 aromatic rings. The Kier molecular flexibility index (Phi) is 2.40. The van der Waals surface area contributed by atoms with Crippen LogP contribution in [0, 0.1) is 4.91 Å². The average Bonchev–Trinajstić information content (AvgIpc) is 2.03. The highest BCUT2D eigenvalue weighted by atomic mass is 35.5. The normalized spacial score (nSPS) is 9.42. The van der Waals surface area contributed by atoms with Gasteiger partial charge in [-0.2, -0.15) is 0 Å². The van der Waals surface area contributed by atoms with Crippen LogP contribution in [-0.4, -0.2) is 5.24 Å². The molecule has 0 fully saturated rings. The number of hydrogen-bond acceptors (Lipinski definition) is 4. The molecule has 0 amide bonds. The van der Waals surface area contributed by atoms with Crippen LogP contribution in [0.4, 0.5) is 11.4 Å². The van der Waals surface area contributed by atoms with E-state index in [1.165, 1.54) is 18.2 Å². The molecular weight excluding hydrogens is 180 g/mol. The molecule has 0 aliphatic heterocycles. The highest BCUT2D eigenvalue weighted by Gasteiger charge is 2.04. The second-order valence-electron chi connectivity index (χ2n) is 2.18. The van der Waals surface area contributed by atoms with E-state index in [0.717, 1.165) is 0 Å². The number of benzene rings is 1. The quantitative estimate of drug-likeness (QED) is 0.434. The number of rotatable bonds is 2. The number of nitrogens with zero attached hydrogens (tertiary/aromatic N) is 1. The van der Waals surface area contributed by atoms with E-state index in [1.807, 2.05) is 0 Å². The molecule has 0 unspecified atom stereocenters. The largest absolute Gasteiger partial charge is 0.399 e. The maximum atomic E-state index is 10.6. The van der Waals surface area contributed by atoms with Crippen molar-refractivity contribution in [3.8, 4) is 0 Å². The Balaban J connectivity index is 3.23. The van der Waals surface area contributed by atoms with Crippen molar-refractivity contribution < 1.29 is 4.79 Å². The molecule has 1 rings (SSSR count). The number of carbonyl (C=O) groups excluding carboxylic acids is 1. The lowest BCUT2D eigenvalue weighted by Crippen LogP contribution is -1.91. The summed E-state index contributed by atoms with van der Waals surface area (Å²) in [5.41, 5.74) is 5.92. The van der Waals surface area contributed by atoms with Gasteiger partial charge in [0.05, 0.1) is 0 Å². The Morgan fingerprint density at radius 2 is 2.08 bits per heavy atom. The third-order valence-electron chi connectivity index (χ3n) is 1.27. The van der Waals surface area contributed by atoms with Crippen LogP contribution in [-0.2, 0) is 0 Å². The molecule has 2 N–H and O–H groups in total. The SMILES string of the molecule is Nc1cc(N=O)cc(C(=O)Cl)c1. The van der Waals surface area contributed by atoms with E-state index in [9.17, 15) is 9.70 Å². The summed E-state index contributed by atoms with van der Waals surface area (Å²) >= 11 is 5.17. The number of anilines is 1. The van der Waals surface area contributed by atoms with Crippen LogP contribution in [0.1, 0.15) is 10.4 Å². The van der Waals surface area contributed by atoms with Gasteiger partial charge in [0.15, 0.2) is 0 Å². The van der Waals surface area contributed by atoms with Crippen LogP contribution in [0.2, 0.25) is 0 Å². The third-order valence-corrected chi connectivity index (χ3v) is 1.49. The number of carbonyl (C=O) groups is 1. The lowest BCUT2D eigenvalue weighted by molar-refractivity contribution is 0.108. The zero-order valence-electron chi connectivity index (χ0n) is 5.95. The van der Waals surface area contributed by atoms with E-state index in [2.05, 4.69) is 5.18 Å². The number of nitroso groups, excluding NO2 is 1.